The van der Waals surface area contributed by atoms with E-state index in [1.807, 2.05) is 67.5 Å². The first-order valence-electron chi connectivity index (χ1n) is 9.61. The fourth-order valence-electron chi connectivity index (χ4n) is 3.23. The monoisotopic (exact) mass is 395 g/mol. The van der Waals surface area contributed by atoms with Crippen molar-refractivity contribution in [1.82, 2.24) is 9.97 Å². The number of fused-ring (bicyclic) bond motifs is 1. The van der Waals surface area contributed by atoms with Crippen molar-refractivity contribution in [3.8, 4) is 0 Å². The number of anilines is 1. The van der Waals surface area contributed by atoms with Gasteiger partial charge in [0.15, 0.2) is 5.78 Å². The van der Waals surface area contributed by atoms with Gasteiger partial charge in [0, 0.05) is 25.3 Å². The molecule has 3 aromatic carbocycles. The summed E-state index contributed by atoms with van der Waals surface area (Å²) in [6, 6.07) is 24.0. The number of nitrogens with zero attached hydrogens (tertiary/aromatic N) is 2. The molecule has 0 amide bonds. The third-order valence-corrected chi connectivity index (χ3v) is 4.86. The Morgan fingerprint density at radius 3 is 2.27 bits per heavy atom. The van der Waals surface area contributed by atoms with E-state index in [1.165, 1.54) is 0 Å². The molecule has 0 bridgehead atoms. The normalized spacial score (nSPS) is 11.5. The van der Waals surface area contributed by atoms with Gasteiger partial charge in [-0.3, -0.25) is 9.59 Å². The number of H-pyrrole nitrogens is 1. The second-order valence-corrected chi connectivity index (χ2v) is 7.17. The third-order valence-electron chi connectivity index (χ3n) is 4.86. The Bertz CT molecular complexity index is 1290. The van der Waals surface area contributed by atoms with Crippen LogP contribution in [-0.2, 0) is 0 Å². The summed E-state index contributed by atoms with van der Waals surface area (Å²) in [5, 5.41) is 0. The first kappa shape index (κ1) is 19.3. The molecular formula is C25H21N3O2. The number of carbonyl (C=O) groups is 1. The highest BCUT2D eigenvalue weighted by Gasteiger charge is 2.19. The molecule has 0 aliphatic heterocycles. The summed E-state index contributed by atoms with van der Waals surface area (Å²) in [7, 11) is 3.93. The number of hydrogen-bond donors (Lipinski definition) is 1. The zero-order chi connectivity index (χ0) is 21.1. The van der Waals surface area contributed by atoms with Crippen molar-refractivity contribution < 1.29 is 4.79 Å². The smallest absolute Gasteiger partial charge is 0.275 e. The van der Waals surface area contributed by atoms with Crippen molar-refractivity contribution in [1.29, 1.82) is 0 Å². The largest absolute Gasteiger partial charge is 0.378 e. The fraction of sp³-hybridized carbons (Fsp3) is 0.0800. The number of rotatable bonds is 5. The summed E-state index contributed by atoms with van der Waals surface area (Å²) in [4.78, 5) is 35.5. The van der Waals surface area contributed by atoms with Crippen LogP contribution in [0.1, 0.15) is 21.6 Å². The summed E-state index contributed by atoms with van der Waals surface area (Å²) in [6.07, 6.45) is 1.72. The van der Waals surface area contributed by atoms with E-state index in [9.17, 15) is 9.59 Å². The molecule has 0 fully saturated rings. The molecule has 5 nitrogen and oxygen atoms in total. The maximum Gasteiger partial charge on any atom is 0.275 e. The van der Waals surface area contributed by atoms with Crippen molar-refractivity contribution in [3.05, 3.63) is 106 Å². The van der Waals surface area contributed by atoms with Gasteiger partial charge in [0.2, 0.25) is 0 Å². The summed E-state index contributed by atoms with van der Waals surface area (Å²) >= 11 is 0. The van der Waals surface area contributed by atoms with Crippen LogP contribution in [0.25, 0.3) is 22.7 Å². The topological polar surface area (TPSA) is 66.1 Å². The molecule has 0 spiro atoms. The van der Waals surface area contributed by atoms with E-state index in [4.69, 9.17) is 0 Å². The van der Waals surface area contributed by atoms with Crippen molar-refractivity contribution in [2.45, 2.75) is 0 Å². The summed E-state index contributed by atoms with van der Waals surface area (Å²) in [5.74, 6) is -0.249. The van der Waals surface area contributed by atoms with E-state index in [0.29, 0.717) is 16.6 Å². The van der Waals surface area contributed by atoms with Gasteiger partial charge in [-0.25, -0.2) is 4.98 Å². The molecule has 1 N–H and O–H groups in total. The molecule has 1 heterocycles. The Hall–Kier alpha value is -3.99. The van der Waals surface area contributed by atoms with Gasteiger partial charge in [-0.2, -0.15) is 0 Å². The molecule has 4 aromatic rings. The van der Waals surface area contributed by atoms with Gasteiger partial charge in [0.1, 0.15) is 5.69 Å². The highest BCUT2D eigenvalue weighted by atomic mass is 16.1. The zero-order valence-electron chi connectivity index (χ0n) is 16.8. The van der Waals surface area contributed by atoms with Gasteiger partial charge in [0.25, 0.3) is 5.56 Å². The number of ketones is 1. The molecule has 0 aliphatic carbocycles. The summed E-state index contributed by atoms with van der Waals surface area (Å²) in [6.45, 7) is 0. The van der Waals surface area contributed by atoms with Gasteiger partial charge in [-0.05, 0) is 35.9 Å². The molecule has 5 heteroatoms. The highest BCUT2D eigenvalue weighted by molar-refractivity contribution is 6.32. The Morgan fingerprint density at radius 2 is 1.57 bits per heavy atom. The minimum absolute atomic E-state index is 0.110. The van der Waals surface area contributed by atoms with Crippen LogP contribution in [0.15, 0.2) is 83.7 Å². The van der Waals surface area contributed by atoms with Gasteiger partial charge >= 0.3 is 0 Å². The average molecular weight is 395 g/mol. The quantitative estimate of drug-likeness (QED) is 0.401. The standard InChI is InChI=1S/C25H21N3O2/c1-28(2)19-14-12-17(13-15-19)16-20(24(29)18-8-4-3-5-9-18)23-25(30)27-22-11-7-6-10-21(22)26-23/h3-16H,1-2H3,(H,27,30)/b20-16+. The maximum atomic E-state index is 13.3. The van der Waals surface area contributed by atoms with Crippen molar-refractivity contribution in [3.63, 3.8) is 0 Å². The van der Waals surface area contributed by atoms with Gasteiger partial charge in [-0.15, -0.1) is 0 Å². The molecule has 4 rings (SSSR count). The number of nitrogens with one attached hydrogen (secondary N) is 1. The second-order valence-electron chi connectivity index (χ2n) is 7.17. The van der Waals surface area contributed by atoms with Crippen LogP contribution in [0.5, 0.6) is 0 Å². The van der Waals surface area contributed by atoms with E-state index >= 15 is 0 Å². The number of Topliss-reactive ketones (excluding diaryl/α,β-unsaturated/α-hetero) is 1. The highest BCUT2D eigenvalue weighted by Crippen LogP contribution is 2.22. The van der Waals surface area contributed by atoms with Crippen LogP contribution in [0, 0.1) is 0 Å². The Labute approximate surface area is 174 Å². The van der Waals surface area contributed by atoms with E-state index in [2.05, 4.69) is 9.97 Å². The van der Waals surface area contributed by atoms with Gasteiger partial charge in [0.05, 0.1) is 16.6 Å². The van der Waals surface area contributed by atoms with Crippen LogP contribution < -0.4 is 10.5 Å². The number of aromatic amines is 1. The van der Waals surface area contributed by atoms with Crippen molar-refractivity contribution >= 4 is 34.2 Å². The minimum atomic E-state index is -0.394. The van der Waals surface area contributed by atoms with Crippen molar-refractivity contribution in [2.24, 2.45) is 0 Å². The number of hydrogen-bond acceptors (Lipinski definition) is 4. The van der Waals surface area contributed by atoms with E-state index in [-0.39, 0.29) is 17.1 Å². The molecule has 0 unspecified atom stereocenters. The number of para-hydroxylation sites is 2. The fourth-order valence-corrected chi connectivity index (χ4v) is 3.23. The van der Waals surface area contributed by atoms with Crippen LogP contribution in [0.4, 0.5) is 5.69 Å². The van der Waals surface area contributed by atoms with Crippen LogP contribution in [0.2, 0.25) is 0 Å². The van der Waals surface area contributed by atoms with Gasteiger partial charge in [-0.1, -0.05) is 54.6 Å². The predicted octanol–water partition coefficient (Wildman–Crippen LogP) is 4.41. The minimum Gasteiger partial charge on any atom is -0.378 e. The molecule has 0 radical (unpaired) electrons. The summed E-state index contributed by atoms with van der Waals surface area (Å²) < 4.78 is 0. The van der Waals surface area contributed by atoms with Gasteiger partial charge < -0.3 is 9.88 Å². The number of carbonyl (C=O) groups excluding carboxylic acids is 1. The van der Waals surface area contributed by atoms with Crippen molar-refractivity contribution in [2.75, 3.05) is 19.0 Å². The first-order valence-corrected chi connectivity index (χ1v) is 9.61. The van der Waals surface area contributed by atoms with E-state index in [1.54, 1.807) is 36.4 Å². The molecule has 0 atom stereocenters. The Kier molecular flexibility index (Phi) is 5.26. The maximum absolute atomic E-state index is 13.3. The molecule has 0 saturated carbocycles. The SMILES string of the molecule is CN(C)c1ccc(/C=C(/C(=O)c2ccccc2)c2nc3ccccc3[nH]c2=O)cc1. The molecular weight excluding hydrogens is 374 g/mol. The van der Waals surface area contributed by atoms with Crippen LogP contribution >= 0.6 is 0 Å². The predicted molar refractivity (Wildman–Crippen MR) is 122 cm³/mol. The van der Waals surface area contributed by atoms with E-state index < -0.39 is 5.56 Å². The number of benzene rings is 3. The lowest BCUT2D eigenvalue weighted by atomic mass is 9.98. The first-order chi connectivity index (χ1) is 14.5. The summed E-state index contributed by atoms with van der Waals surface area (Å²) in [5.41, 5.74) is 3.59. The lowest BCUT2D eigenvalue weighted by Gasteiger charge is -2.12. The molecule has 0 saturated heterocycles. The van der Waals surface area contributed by atoms with E-state index in [0.717, 1.165) is 11.3 Å². The lowest BCUT2D eigenvalue weighted by Crippen LogP contribution is -2.18. The molecule has 148 valence electrons. The lowest BCUT2D eigenvalue weighted by molar-refractivity contribution is 0.105. The third kappa shape index (κ3) is 3.91. The second kappa shape index (κ2) is 8.17. The average Bonchev–Trinajstić information content (AvgIpc) is 2.77. The number of aromatic nitrogens is 2. The van der Waals surface area contributed by atoms with Crippen LogP contribution in [0.3, 0.4) is 0 Å². The Balaban J connectivity index is 1.89. The molecule has 0 aliphatic rings. The Morgan fingerprint density at radius 1 is 0.900 bits per heavy atom. The molecule has 1 aromatic heterocycles. The van der Waals surface area contributed by atoms with Crippen LogP contribution in [-0.4, -0.2) is 29.8 Å². The molecule has 30 heavy (non-hydrogen) atoms. The zero-order valence-corrected chi connectivity index (χ0v) is 16.8. The number of allylic oxidation sites excluding steroid dienone is 1.